The lowest BCUT2D eigenvalue weighted by Crippen LogP contribution is -2.29. The molecule has 188 valence electrons. The molecule has 0 atom stereocenters. The zero-order valence-corrected chi connectivity index (χ0v) is 20.8. The molecule has 0 aliphatic heterocycles. The molecule has 1 heterocycles. The van der Waals surface area contributed by atoms with Crippen LogP contribution in [-0.2, 0) is 17.9 Å². The maximum atomic E-state index is 10.9. The standard InChI is InChI=1S/C29H33N3O4/c1-20-27-18-25(35)10-13-28(27)32(29(20)23-6-8-24(34)9-7-23)16-3-17-36-26-11-4-22(5-12-26)19-30-14-15-31-21(2)33/h4-13,18,30,34-35H,3,14-17,19H2,1-2H3,(H,31,33). The number of aromatic nitrogens is 1. The van der Waals surface area contributed by atoms with E-state index >= 15 is 0 Å². The van der Waals surface area contributed by atoms with E-state index in [1.165, 1.54) is 6.92 Å². The van der Waals surface area contributed by atoms with E-state index in [2.05, 4.69) is 22.1 Å². The molecule has 4 N–H and O–H groups in total. The van der Waals surface area contributed by atoms with E-state index in [9.17, 15) is 15.0 Å². The van der Waals surface area contributed by atoms with Crippen LogP contribution in [0.4, 0.5) is 0 Å². The smallest absolute Gasteiger partial charge is 0.216 e. The number of phenols is 2. The van der Waals surface area contributed by atoms with Crippen LogP contribution >= 0.6 is 0 Å². The highest BCUT2D eigenvalue weighted by atomic mass is 16.5. The SMILES string of the molecule is CC(=O)NCCNCc1ccc(OCCCn2c(-c3ccc(O)cc3)c(C)c3cc(O)ccc32)cc1. The van der Waals surface area contributed by atoms with Crippen molar-refractivity contribution in [1.82, 2.24) is 15.2 Å². The van der Waals surface area contributed by atoms with Crippen molar-refractivity contribution in [1.29, 1.82) is 0 Å². The zero-order chi connectivity index (χ0) is 25.5. The summed E-state index contributed by atoms with van der Waals surface area (Å²) < 4.78 is 8.26. The number of benzene rings is 3. The summed E-state index contributed by atoms with van der Waals surface area (Å²) in [6.07, 6.45) is 0.807. The van der Waals surface area contributed by atoms with Crippen molar-refractivity contribution in [3.63, 3.8) is 0 Å². The number of nitrogens with zero attached hydrogens (tertiary/aromatic N) is 1. The number of hydrogen-bond donors (Lipinski definition) is 4. The number of amides is 1. The van der Waals surface area contributed by atoms with Gasteiger partial charge >= 0.3 is 0 Å². The number of hydrogen-bond acceptors (Lipinski definition) is 5. The third-order valence-electron chi connectivity index (χ3n) is 6.16. The molecular formula is C29H33N3O4. The molecule has 1 amide bonds. The lowest BCUT2D eigenvalue weighted by Gasteiger charge is -2.13. The average molecular weight is 488 g/mol. The minimum absolute atomic E-state index is 0.0192. The second-order valence-electron chi connectivity index (χ2n) is 8.88. The van der Waals surface area contributed by atoms with Gasteiger partial charge in [0, 0.05) is 44.0 Å². The first kappa shape index (κ1) is 25.1. The Morgan fingerprint density at radius 2 is 1.67 bits per heavy atom. The van der Waals surface area contributed by atoms with Crippen LogP contribution in [0.3, 0.4) is 0 Å². The molecule has 4 aromatic rings. The molecule has 4 rings (SSSR count). The minimum atomic E-state index is -0.0192. The molecule has 0 saturated carbocycles. The molecule has 7 heteroatoms. The van der Waals surface area contributed by atoms with Gasteiger partial charge in [0.05, 0.1) is 12.3 Å². The molecule has 0 bridgehead atoms. The molecule has 0 spiro atoms. The Kier molecular flexibility index (Phi) is 8.13. The number of nitrogens with one attached hydrogen (secondary N) is 2. The van der Waals surface area contributed by atoms with Gasteiger partial charge in [-0.3, -0.25) is 4.79 Å². The molecule has 0 radical (unpaired) electrons. The van der Waals surface area contributed by atoms with Gasteiger partial charge in [0.15, 0.2) is 0 Å². The Bertz CT molecular complexity index is 1310. The van der Waals surface area contributed by atoms with Crippen molar-refractivity contribution >= 4 is 16.8 Å². The van der Waals surface area contributed by atoms with Gasteiger partial charge < -0.3 is 30.2 Å². The summed E-state index contributed by atoms with van der Waals surface area (Å²) >= 11 is 0. The molecule has 0 aliphatic carbocycles. The monoisotopic (exact) mass is 487 g/mol. The highest BCUT2D eigenvalue weighted by molar-refractivity contribution is 5.92. The Morgan fingerprint density at radius 3 is 2.39 bits per heavy atom. The maximum absolute atomic E-state index is 10.9. The molecule has 7 nitrogen and oxygen atoms in total. The van der Waals surface area contributed by atoms with E-state index in [4.69, 9.17) is 4.74 Å². The van der Waals surface area contributed by atoms with Crippen molar-refractivity contribution in [2.45, 2.75) is 33.4 Å². The van der Waals surface area contributed by atoms with Gasteiger partial charge in [-0.15, -0.1) is 0 Å². The first-order valence-corrected chi connectivity index (χ1v) is 12.2. The van der Waals surface area contributed by atoms with E-state index in [1.54, 1.807) is 24.3 Å². The number of fused-ring (bicyclic) bond motifs is 1. The number of rotatable bonds is 11. The minimum Gasteiger partial charge on any atom is -0.508 e. The largest absolute Gasteiger partial charge is 0.508 e. The number of carbonyl (C=O) groups excluding carboxylic acids is 1. The summed E-state index contributed by atoms with van der Waals surface area (Å²) in [6, 6.07) is 20.7. The molecule has 36 heavy (non-hydrogen) atoms. The van der Waals surface area contributed by atoms with Crippen LogP contribution in [0.15, 0.2) is 66.7 Å². The van der Waals surface area contributed by atoms with Crippen LogP contribution in [0.2, 0.25) is 0 Å². The van der Waals surface area contributed by atoms with Crippen LogP contribution in [0.25, 0.3) is 22.2 Å². The second kappa shape index (κ2) is 11.6. The van der Waals surface area contributed by atoms with Gasteiger partial charge in [-0.1, -0.05) is 12.1 Å². The number of carbonyl (C=O) groups is 1. The Hall–Kier alpha value is -3.97. The van der Waals surface area contributed by atoms with Crippen molar-refractivity contribution in [3.8, 4) is 28.5 Å². The zero-order valence-electron chi connectivity index (χ0n) is 20.8. The molecule has 0 saturated heterocycles. The highest BCUT2D eigenvalue weighted by Crippen LogP contribution is 2.35. The van der Waals surface area contributed by atoms with Gasteiger partial charge in [-0.25, -0.2) is 0 Å². The molecule has 0 fully saturated rings. The number of phenolic OH excluding ortho intramolecular Hbond substituents is 2. The Balaban J connectivity index is 1.37. The van der Waals surface area contributed by atoms with E-state index in [0.29, 0.717) is 13.2 Å². The predicted molar refractivity (Wildman–Crippen MR) is 142 cm³/mol. The van der Waals surface area contributed by atoms with E-state index in [1.807, 2.05) is 42.5 Å². The van der Waals surface area contributed by atoms with Crippen LogP contribution in [-0.4, -0.2) is 40.4 Å². The number of aromatic hydroxyl groups is 2. The molecule has 0 aliphatic rings. The molecular weight excluding hydrogens is 454 g/mol. The molecule has 0 unspecified atom stereocenters. The summed E-state index contributed by atoms with van der Waals surface area (Å²) in [7, 11) is 0. The summed E-state index contributed by atoms with van der Waals surface area (Å²) in [4.78, 5) is 10.9. The third kappa shape index (κ3) is 6.17. The first-order valence-electron chi connectivity index (χ1n) is 12.2. The quantitative estimate of drug-likeness (QED) is 0.230. The molecule has 1 aromatic heterocycles. The van der Waals surface area contributed by atoms with E-state index in [-0.39, 0.29) is 17.4 Å². The molecule has 3 aromatic carbocycles. The fraction of sp³-hybridized carbons (Fsp3) is 0.276. The van der Waals surface area contributed by atoms with Gasteiger partial charge in [-0.05, 0) is 84.6 Å². The van der Waals surface area contributed by atoms with E-state index in [0.717, 1.165) is 65.1 Å². The van der Waals surface area contributed by atoms with Crippen molar-refractivity contribution in [2.75, 3.05) is 19.7 Å². The average Bonchev–Trinajstić information content (AvgIpc) is 3.13. The van der Waals surface area contributed by atoms with Crippen LogP contribution < -0.4 is 15.4 Å². The van der Waals surface area contributed by atoms with Gasteiger partial charge in [0.1, 0.15) is 17.2 Å². The predicted octanol–water partition coefficient (Wildman–Crippen LogP) is 4.72. The van der Waals surface area contributed by atoms with Crippen molar-refractivity contribution in [2.24, 2.45) is 0 Å². The van der Waals surface area contributed by atoms with Gasteiger partial charge in [-0.2, -0.15) is 0 Å². The third-order valence-corrected chi connectivity index (χ3v) is 6.16. The fourth-order valence-electron chi connectivity index (χ4n) is 4.41. The topological polar surface area (TPSA) is 95.8 Å². The first-order chi connectivity index (χ1) is 17.4. The lowest BCUT2D eigenvalue weighted by molar-refractivity contribution is -0.118. The summed E-state index contributed by atoms with van der Waals surface area (Å²) in [5.74, 6) is 1.29. The number of aryl methyl sites for hydroxylation is 2. The highest BCUT2D eigenvalue weighted by Gasteiger charge is 2.16. The fourth-order valence-corrected chi connectivity index (χ4v) is 4.41. The van der Waals surface area contributed by atoms with Crippen LogP contribution in [0, 0.1) is 6.92 Å². The normalized spacial score (nSPS) is 11.1. The van der Waals surface area contributed by atoms with Crippen LogP contribution in [0.5, 0.6) is 17.2 Å². The summed E-state index contributed by atoms with van der Waals surface area (Å²) in [6.45, 7) is 6.96. The van der Waals surface area contributed by atoms with E-state index < -0.39 is 0 Å². The van der Waals surface area contributed by atoms with Crippen molar-refractivity contribution < 1.29 is 19.7 Å². The van der Waals surface area contributed by atoms with Crippen LogP contribution in [0.1, 0.15) is 24.5 Å². The van der Waals surface area contributed by atoms with Gasteiger partial charge in [0.25, 0.3) is 0 Å². The summed E-state index contributed by atoms with van der Waals surface area (Å²) in [5.41, 5.74) is 5.40. The Morgan fingerprint density at radius 1 is 0.944 bits per heavy atom. The van der Waals surface area contributed by atoms with Crippen molar-refractivity contribution in [3.05, 3.63) is 77.9 Å². The maximum Gasteiger partial charge on any atom is 0.216 e. The Labute approximate surface area is 211 Å². The lowest BCUT2D eigenvalue weighted by atomic mass is 10.1. The summed E-state index contributed by atoms with van der Waals surface area (Å²) in [5, 5.41) is 26.8. The second-order valence-corrected chi connectivity index (χ2v) is 8.88. The number of ether oxygens (including phenoxy) is 1. The van der Waals surface area contributed by atoms with Gasteiger partial charge in [0.2, 0.25) is 5.91 Å².